The summed E-state index contributed by atoms with van der Waals surface area (Å²) in [5.41, 5.74) is 0.534. The molecule has 19 heavy (non-hydrogen) atoms. The molecule has 0 saturated heterocycles. The molecule has 0 spiro atoms. The highest BCUT2D eigenvalue weighted by Gasteiger charge is 2.20. The van der Waals surface area contributed by atoms with Crippen LogP contribution in [0.15, 0.2) is 28.9 Å². The van der Waals surface area contributed by atoms with Crippen LogP contribution in [0.25, 0.3) is 10.9 Å². The molecule has 2 rings (SSSR count). The molecule has 5 heteroatoms. The molecule has 0 radical (unpaired) electrons. The summed E-state index contributed by atoms with van der Waals surface area (Å²) in [7, 11) is 0. The molecule has 1 aromatic heterocycles. The number of benzene rings is 1. The Balaban J connectivity index is 2.56. The molecular weight excluding hydrogens is 308 g/mol. The molecule has 0 bridgehead atoms. The maximum absolute atomic E-state index is 12.1. The fraction of sp³-hybridized carbons (Fsp3) is 0.286. The van der Waals surface area contributed by atoms with E-state index in [2.05, 4.69) is 22.0 Å². The van der Waals surface area contributed by atoms with Gasteiger partial charge in [0.25, 0.3) is 0 Å². The van der Waals surface area contributed by atoms with Crippen LogP contribution < -0.4 is 0 Å². The van der Waals surface area contributed by atoms with Gasteiger partial charge in [-0.3, -0.25) is 4.57 Å². The van der Waals surface area contributed by atoms with Crippen molar-refractivity contribution in [3.8, 4) is 6.07 Å². The van der Waals surface area contributed by atoms with Gasteiger partial charge in [-0.2, -0.15) is 5.26 Å². The van der Waals surface area contributed by atoms with Gasteiger partial charge >= 0.3 is 6.09 Å². The van der Waals surface area contributed by atoms with Crippen LogP contribution in [0.3, 0.4) is 0 Å². The van der Waals surface area contributed by atoms with E-state index in [1.807, 2.05) is 12.1 Å². The number of nitriles is 1. The van der Waals surface area contributed by atoms with Crippen molar-refractivity contribution in [2.75, 3.05) is 0 Å². The average Bonchev–Trinajstić information content (AvgIpc) is 2.64. The van der Waals surface area contributed by atoms with E-state index in [9.17, 15) is 4.79 Å². The van der Waals surface area contributed by atoms with Crippen LogP contribution >= 0.6 is 15.9 Å². The molecule has 98 valence electrons. The van der Waals surface area contributed by atoms with Crippen molar-refractivity contribution in [2.45, 2.75) is 26.4 Å². The normalized spacial score (nSPS) is 11.3. The van der Waals surface area contributed by atoms with E-state index in [-0.39, 0.29) is 0 Å². The number of rotatable bonds is 0. The molecule has 0 fully saturated rings. The van der Waals surface area contributed by atoms with Crippen LogP contribution in [-0.2, 0) is 4.74 Å². The lowest BCUT2D eigenvalue weighted by Crippen LogP contribution is -2.26. The van der Waals surface area contributed by atoms with Gasteiger partial charge < -0.3 is 4.74 Å². The van der Waals surface area contributed by atoms with Gasteiger partial charge in [-0.15, -0.1) is 0 Å². The summed E-state index contributed by atoms with van der Waals surface area (Å²) in [6, 6.07) is 7.51. The average molecular weight is 321 g/mol. The van der Waals surface area contributed by atoms with Crippen molar-refractivity contribution in [1.82, 2.24) is 4.57 Å². The van der Waals surface area contributed by atoms with Gasteiger partial charge in [-0.1, -0.05) is 15.9 Å². The predicted molar refractivity (Wildman–Crippen MR) is 76.0 cm³/mol. The standard InChI is InChI=1S/C14H13BrN2O2/c1-14(2,3)19-13(18)17-8-9(7-16)11-6-10(15)4-5-12(11)17/h4-6,8H,1-3H3. The van der Waals surface area contributed by atoms with Gasteiger partial charge in [0.1, 0.15) is 11.7 Å². The fourth-order valence-electron chi connectivity index (χ4n) is 1.75. The second-order valence-corrected chi connectivity index (χ2v) is 6.08. The Morgan fingerprint density at radius 2 is 2.11 bits per heavy atom. The molecule has 0 atom stereocenters. The van der Waals surface area contributed by atoms with E-state index in [1.54, 1.807) is 26.8 Å². The zero-order valence-electron chi connectivity index (χ0n) is 10.9. The molecule has 0 amide bonds. The highest BCUT2D eigenvalue weighted by Crippen LogP contribution is 2.25. The van der Waals surface area contributed by atoms with E-state index in [0.29, 0.717) is 11.1 Å². The molecule has 1 aromatic carbocycles. The maximum atomic E-state index is 12.1. The number of nitrogens with zero attached hydrogens (tertiary/aromatic N) is 2. The molecule has 2 aromatic rings. The van der Waals surface area contributed by atoms with Crippen molar-refractivity contribution in [2.24, 2.45) is 0 Å². The number of aromatic nitrogens is 1. The minimum atomic E-state index is -0.574. The number of hydrogen-bond acceptors (Lipinski definition) is 3. The highest BCUT2D eigenvalue weighted by atomic mass is 79.9. The minimum absolute atomic E-state index is 0.446. The summed E-state index contributed by atoms with van der Waals surface area (Å²) >= 11 is 3.36. The van der Waals surface area contributed by atoms with Crippen molar-refractivity contribution in [3.05, 3.63) is 34.4 Å². The number of hydrogen-bond donors (Lipinski definition) is 0. The number of ether oxygens (including phenoxy) is 1. The van der Waals surface area contributed by atoms with E-state index in [4.69, 9.17) is 10.00 Å². The van der Waals surface area contributed by atoms with Crippen LogP contribution in [0.5, 0.6) is 0 Å². The quantitative estimate of drug-likeness (QED) is 0.735. The maximum Gasteiger partial charge on any atom is 0.419 e. The van der Waals surface area contributed by atoms with Gasteiger partial charge in [0.2, 0.25) is 0 Å². The lowest BCUT2D eigenvalue weighted by Gasteiger charge is -2.19. The molecule has 0 aliphatic carbocycles. The van der Waals surface area contributed by atoms with Crippen LogP contribution in [0.4, 0.5) is 4.79 Å². The number of fused-ring (bicyclic) bond motifs is 1. The van der Waals surface area contributed by atoms with Gasteiger partial charge in [-0.05, 0) is 39.0 Å². The monoisotopic (exact) mass is 320 g/mol. The first kappa shape index (κ1) is 13.6. The third kappa shape index (κ3) is 2.79. The molecular formula is C14H13BrN2O2. The topological polar surface area (TPSA) is 55.0 Å². The third-order valence-corrected chi connectivity index (χ3v) is 2.97. The van der Waals surface area contributed by atoms with Gasteiger partial charge in [-0.25, -0.2) is 4.79 Å². The van der Waals surface area contributed by atoms with Crippen molar-refractivity contribution in [3.63, 3.8) is 0 Å². The van der Waals surface area contributed by atoms with Gasteiger partial charge in [0.05, 0.1) is 11.1 Å². The van der Waals surface area contributed by atoms with Crippen molar-refractivity contribution >= 4 is 32.9 Å². The fourth-order valence-corrected chi connectivity index (χ4v) is 2.11. The lowest BCUT2D eigenvalue weighted by atomic mass is 10.2. The molecule has 0 aliphatic heterocycles. The Labute approximate surface area is 119 Å². The molecule has 0 unspecified atom stereocenters. The minimum Gasteiger partial charge on any atom is -0.443 e. The second kappa shape index (κ2) is 4.71. The smallest absolute Gasteiger partial charge is 0.419 e. The third-order valence-electron chi connectivity index (χ3n) is 2.48. The zero-order chi connectivity index (χ0) is 14.2. The summed E-state index contributed by atoms with van der Waals surface area (Å²) < 4.78 is 7.55. The van der Waals surface area contributed by atoms with Crippen LogP contribution in [-0.4, -0.2) is 16.3 Å². The molecule has 0 N–H and O–H groups in total. The Morgan fingerprint density at radius 3 is 2.68 bits per heavy atom. The predicted octanol–water partition coefficient (Wildman–Crippen LogP) is 4.06. The van der Waals surface area contributed by atoms with Crippen molar-refractivity contribution < 1.29 is 9.53 Å². The molecule has 1 heterocycles. The largest absolute Gasteiger partial charge is 0.443 e. The second-order valence-electron chi connectivity index (χ2n) is 5.17. The van der Waals surface area contributed by atoms with E-state index < -0.39 is 11.7 Å². The number of carbonyl (C=O) groups is 1. The Kier molecular flexibility index (Phi) is 3.38. The zero-order valence-corrected chi connectivity index (χ0v) is 12.5. The molecule has 0 saturated carbocycles. The molecule has 4 nitrogen and oxygen atoms in total. The first-order chi connectivity index (χ1) is 8.81. The van der Waals surface area contributed by atoms with Crippen LogP contribution in [0.2, 0.25) is 0 Å². The summed E-state index contributed by atoms with van der Waals surface area (Å²) in [5, 5.41) is 9.85. The number of halogens is 1. The highest BCUT2D eigenvalue weighted by molar-refractivity contribution is 9.10. The first-order valence-electron chi connectivity index (χ1n) is 5.76. The van der Waals surface area contributed by atoms with Gasteiger partial charge in [0, 0.05) is 16.1 Å². The lowest BCUT2D eigenvalue weighted by molar-refractivity contribution is 0.0544. The van der Waals surface area contributed by atoms with E-state index in [0.717, 1.165) is 9.86 Å². The van der Waals surface area contributed by atoms with Crippen molar-refractivity contribution in [1.29, 1.82) is 5.26 Å². The first-order valence-corrected chi connectivity index (χ1v) is 6.55. The van der Waals surface area contributed by atoms with E-state index >= 15 is 0 Å². The Hall–Kier alpha value is -1.80. The Morgan fingerprint density at radius 1 is 1.42 bits per heavy atom. The number of carbonyl (C=O) groups excluding carboxylic acids is 1. The van der Waals surface area contributed by atoms with E-state index in [1.165, 1.54) is 10.8 Å². The van der Waals surface area contributed by atoms with Crippen LogP contribution in [0.1, 0.15) is 26.3 Å². The summed E-state index contributed by atoms with van der Waals surface area (Å²) in [6.07, 6.45) is 1.02. The summed E-state index contributed by atoms with van der Waals surface area (Å²) in [4.78, 5) is 12.1. The summed E-state index contributed by atoms with van der Waals surface area (Å²) in [6.45, 7) is 5.41. The SMILES string of the molecule is CC(C)(C)OC(=O)n1cc(C#N)c2cc(Br)ccc21. The van der Waals surface area contributed by atoms with Crippen LogP contribution in [0, 0.1) is 11.3 Å². The Bertz CT molecular complexity index is 690. The summed E-state index contributed by atoms with van der Waals surface area (Å²) in [5.74, 6) is 0. The van der Waals surface area contributed by atoms with Gasteiger partial charge in [0.15, 0.2) is 0 Å². The molecule has 0 aliphatic rings.